The molecule has 2 fully saturated rings. The summed E-state index contributed by atoms with van der Waals surface area (Å²) in [4.78, 5) is 22.5. The van der Waals surface area contributed by atoms with Gasteiger partial charge in [-0.1, -0.05) is 0 Å². The summed E-state index contributed by atoms with van der Waals surface area (Å²) >= 11 is 0. The molecule has 16 heavy (non-hydrogen) atoms. The van der Waals surface area contributed by atoms with E-state index in [1.165, 1.54) is 0 Å². The van der Waals surface area contributed by atoms with Crippen molar-refractivity contribution in [1.82, 2.24) is 4.90 Å². The Morgan fingerprint density at radius 3 is 2.44 bits per heavy atom. The van der Waals surface area contributed by atoms with Crippen molar-refractivity contribution >= 4 is 12.1 Å². The van der Waals surface area contributed by atoms with Crippen molar-refractivity contribution in [2.45, 2.75) is 24.7 Å². The van der Waals surface area contributed by atoms with Gasteiger partial charge in [0.15, 0.2) is 5.79 Å². The highest BCUT2D eigenvalue weighted by Crippen LogP contribution is 2.34. The molecule has 90 valence electrons. The van der Waals surface area contributed by atoms with Crippen LogP contribution in [0.15, 0.2) is 0 Å². The Kier molecular flexibility index (Phi) is 2.41. The summed E-state index contributed by atoms with van der Waals surface area (Å²) in [6.07, 6.45) is -0.950. The molecule has 1 amide bonds. The number of likely N-dealkylation sites (tertiary alicyclic amines) is 1. The van der Waals surface area contributed by atoms with Crippen LogP contribution in [0.3, 0.4) is 0 Å². The lowest BCUT2D eigenvalue weighted by Gasteiger charge is -2.33. The third kappa shape index (κ3) is 1.83. The standard InChI is InChI=1S/C9H13NO6/c11-7(12)6-4-9(5-10(6)8(13)14)15-2-1-3-16-9/h6H,1-5H2,(H,11,12)(H,13,14)/t6-/m0/s1/i5D/t5?,6-. The molecular formula is C9H13NO6. The van der Waals surface area contributed by atoms with Crippen LogP contribution in [0, 0.1) is 0 Å². The Hall–Kier alpha value is -1.34. The maximum absolute atomic E-state index is 11.0. The van der Waals surface area contributed by atoms with Crippen LogP contribution < -0.4 is 0 Å². The number of nitrogens with zero attached hydrogens (tertiary/aromatic N) is 1. The minimum Gasteiger partial charge on any atom is -0.480 e. The van der Waals surface area contributed by atoms with E-state index in [1.807, 2.05) is 0 Å². The molecule has 7 heteroatoms. The van der Waals surface area contributed by atoms with Crippen LogP contribution in [-0.2, 0) is 14.3 Å². The Bertz CT molecular complexity index is 342. The second-order valence-corrected chi connectivity index (χ2v) is 3.74. The predicted molar refractivity (Wildman–Crippen MR) is 50.0 cm³/mol. The van der Waals surface area contributed by atoms with Crippen molar-refractivity contribution < 1.29 is 30.6 Å². The lowest BCUT2D eigenvalue weighted by atomic mass is 10.1. The molecule has 2 rings (SSSR count). The van der Waals surface area contributed by atoms with Gasteiger partial charge in [-0.05, 0) is 6.42 Å². The van der Waals surface area contributed by atoms with E-state index in [4.69, 9.17) is 21.1 Å². The van der Waals surface area contributed by atoms with Gasteiger partial charge in [0.25, 0.3) is 0 Å². The fraction of sp³-hybridized carbons (Fsp3) is 0.778. The molecule has 0 saturated carbocycles. The summed E-state index contributed by atoms with van der Waals surface area (Å²) in [7, 11) is 0. The van der Waals surface area contributed by atoms with Gasteiger partial charge >= 0.3 is 12.1 Å². The summed E-state index contributed by atoms with van der Waals surface area (Å²) in [5, 5.41) is 17.9. The summed E-state index contributed by atoms with van der Waals surface area (Å²) in [6.45, 7) is -0.689. The van der Waals surface area contributed by atoms with Crippen molar-refractivity contribution in [3.8, 4) is 0 Å². The van der Waals surface area contributed by atoms with Gasteiger partial charge in [-0.25, -0.2) is 9.59 Å². The minimum atomic E-state index is -1.45. The van der Waals surface area contributed by atoms with Crippen LogP contribution in [0.5, 0.6) is 0 Å². The van der Waals surface area contributed by atoms with Crippen LogP contribution in [0.25, 0.3) is 0 Å². The molecule has 1 spiro atoms. The monoisotopic (exact) mass is 232 g/mol. The molecule has 0 aliphatic carbocycles. The van der Waals surface area contributed by atoms with Crippen LogP contribution in [0.2, 0.25) is 0 Å². The summed E-state index contributed by atoms with van der Waals surface area (Å²) in [5.41, 5.74) is 0. The van der Waals surface area contributed by atoms with E-state index in [-0.39, 0.29) is 6.42 Å². The molecular weight excluding hydrogens is 218 g/mol. The maximum atomic E-state index is 11.0. The van der Waals surface area contributed by atoms with Gasteiger partial charge < -0.3 is 19.7 Å². The summed E-state index contributed by atoms with van der Waals surface area (Å²) in [6, 6.07) is -1.30. The molecule has 2 aliphatic rings. The van der Waals surface area contributed by atoms with E-state index < -0.39 is 30.4 Å². The molecule has 0 aromatic rings. The summed E-state index contributed by atoms with van der Waals surface area (Å²) in [5.74, 6) is -2.72. The number of ether oxygens (including phenoxy) is 2. The molecule has 0 radical (unpaired) electrons. The van der Waals surface area contributed by atoms with Gasteiger partial charge in [0.1, 0.15) is 6.04 Å². The Balaban J connectivity index is 2.27. The van der Waals surface area contributed by atoms with Gasteiger partial charge in [-0.3, -0.25) is 4.90 Å². The largest absolute Gasteiger partial charge is 0.480 e. The van der Waals surface area contributed by atoms with E-state index >= 15 is 0 Å². The molecule has 2 atom stereocenters. The highest BCUT2D eigenvalue weighted by atomic mass is 16.7. The first-order chi connectivity index (χ1) is 7.98. The second kappa shape index (κ2) is 3.91. The highest BCUT2D eigenvalue weighted by Gasteiger charge is 2.51. The van der Waals surface area contributed by atoms with Crippen LogP contribution in [0.1, 0.15) is 14.2 Å². The number of amides is 1. The molecule has 2 N–H and O–H groups in total. The minimum absolute atomic E-state index is 0.150. The molecule has 2 saturated heterocycles. The average molecular weight is 232 g/mol. The number of carboxylic acid groups (broad SMARTS) is 2. The van der Waals surface area contributed by atoms with Gasteiger partial charge in [0.2, 0.25) is 0 Å². The zero-order valence-electron chi connectivity index (χ0n) is 9.46. The fourth-order valence-corrected chi connectivity index (χ4v) is 1.90. The van der Waals surface area contributed by atoms with Crippen molar-refractivity contribution in [2.24, 2.45) is 0 Å². The smallest absolute Gasteiger partial charge is 0.408 e. The van der Waals surface area contributed by atoms with Crippen molar-refractivity contribution in [3.05, 3.63) is 0 Å². The van der Waals surface area contributed by atoms with E-state index in [1.54, 1.807) is 0 Å². The average Bonchev–Trinajstić information content (AvgIpc) is 2.54. The Morgan fingerprint density at radius 2 is 2.00 bits per heavy atom. The first kappa shape index (κ1) is 9.86. The first-order valence-electron chi connectivity index (χ1n) is 5.50. The van der Waals surface area contributed by atoms with Crippen LogP contribution in [0.4, 0.5) is 4.79 Å². The molecule has 7 nitrogen and oxygen atoms in total. The number of hydrogen-bond acceptors (Lipinski definition) is 4. The van der Waals surface area contributed by atoms with E-state index in [0.29, 0.717) is 24.5 Å². The highest BCUT2D eigenvalue weighted by molar-refractivity contribution is 5.80. The molecule has 2 heterocycles. The fourth-order valence-electron chi connectivity index (χ4n) is 1.90. The Morgan fingerprint density at radius 1 is 1.38 bits per heavy atom. The lowest BCUT2D eigenvalue weighted by Crippen LogP contribution is -2.44. The number of aliphatic carboxylic acids is 1. The SMILES string of the molecule is [2H]C1N(C(=O)O)[C@H](C(=O)O)CC12OCCCO2. The number of carbonyl (C=O) groups is 2. The second-order valence-electron chi connectivity index (χ2n) is 3.74. The molecule has 1 unspecified atom stereocenters. The van der Waals surface area contributed by atoms with Crippen molar-refractivity contribution in [3.63, 3.8) is 0 Å². The molecule has 0 aromatic carbocycles. The molecule has 0 bridgehead atoms. The quantitative estimate of drug-likeness (QED) is 0.658. The zero-order chi connectivity index (χ0) is 12.6. The topological polar surface area (TPSA) is 96.3 Å². The number of rotatable bonds is 1. The van der Waals surface area contributed by atoms with Gasteiger partial charge in [-0.15, -0.1) is 0 Å². The number of hydrogen-bond donors (Lipinski definition) is 2. The zero-order valence-corrected chi connectivity index (χ0v) is 8.46. The van der Waals surface area contributed by atoms with E-state index in [9.17, 15) is 9.59 Å². The predicted octanol–water partition coefficient (Wildman–Crippen LogP) is -0.0435. The third-order valence-corrected chi connectivity index (χ3v) is 2.64. The maximum Gasteiger partial charge on any atom is 0.408 e. The lowest BCUT2D eigenvalue weighted by molar-refractivity contribution is -0.257. The van der Waals surface area contributed by atoms with Gasteiger partial charge in [0, 0.05) is 6.42 Å². The van der Waals surface area contributed by atoms with Crippen LogP contribution in [-0.4, -0.2) is 58.7 Å². The van der Waals surface area contributed by atoms with Gasteiger partial charge in [-0.2, -0.15) is 0 Å². The van der Waals surface area contributed by atoms with E-state index in [0.717, 1.165) is 0 Å². The third-order valence-electron chi connectivity index (χ3n) is 2.64. The summed E-state index contributed by atoms with van der Waals surface area (Å²) < 4.78 is 18.5. The van der Waals surface area contributed by atoms with Crippen molar-refractivity contribution in [1.29, 1.82) is 0 Å². The molecule has 2 aliphatic heterocycles. The van der Waals surface area contributed by atoms with Gasteiger partial charge in [0.05, 0.1) is 21.1 Å². The van der Waals surface area contributed by atoms with Crippen LogP contribution >= 0.6 is 0 Å². The molecule has 0 aromatic heterocycles. The normalized spacial score (nSPS) is 33.8. The van der Waals surface area contributed by atoms with Crippen molar-refractivity contribution in [2.75, 3.05) is 19.7 Å². The number of carboxylic acids is 1. The first-order valence-corrected chi connectivity index (χ1v) is 4.92. The van der Waals surface area contributed by atoms with E-state index in [2.05, 4.69) is 0 Å². The Labute approximate surface area is 93.0 Å².